The summed E-state index contributed by atoms with van der Waals surface area (Å²) >= 11 is 0. The lowest BCUT2D eigenvalue weighted by molar-refractivity contribution is 0.192. The largest absolute Gasteiger partial charge is 0.316 e. The Bertz CT molecular complexity index is 147. The van der Waals surface area contributed by atoms with Crippen LogP contribution in [-0.4, -0.2) is 37.6 Å². The third kappa shape index (κ3) is 5.53. The van der Waals surface area contributed by atoms with E-state index in [4.69, 9.17) is 0 Å². The molecular weight excluding hydrogens is 184 g/mol. The van der Waals surface area contributed by atoms with E-state index in [9.17, 15) is 0 Å². The van der Waals surface area contributed by atoms with Crippen LogP contribution in [0.3, 0.4) is 0 Å². The minimum Gasteiger partial charge on any atom is -0.316 e. The molecule has 0 aromatic carbocycles. The van der Waals surface area contributed by atoms with Crippen molar-refractivity contribution >= 4 is 0 Å². The van der Waals surface area contributed by atoms with Gasteiger partial charge >= 0.3 is 0 Å². The third-order valence-corrected chi connectivity index (χ3v) is 3.49. The quantitative estimate of drug-likeness (QED) is 0.653. The summed E-state index contributed by atoms with van der Waals surface area (Å²) in [5.74, 6) is 0. The molecule has 1 fully saturated rings. The Morgan fingerprint density at radius 1 is 1.20 bits per heavy atom. The maximum atomic E-state index is 3.40. The Balaban J connectivity index is 2.00. The Kier molecular flexibility index (Phi) is 7.03. The van der Waals surface area contributed by atoms with Crippen LogP contribution in [0.1, 0.15) is 51.9 Å². The average molecular weight is 212 g/mol. The topological polar surface area (TPSA) is 15.3 Å². The summed E-state index contributed by atoms with van der Waals surface area (Å²) < 4.78 is 0. The van der Waals surface area contributed by atoms with Crippen LogP contribution < -0.4 is 5.32 Å². The first-order valence-corrected chi connectivity index (χ1v) is 6.76. The van der Waals surface area contributed by atoms with Gasteiger partial charge in [-0.1, -0.05) is 32.6 Å². The van der Waals surface area contributed by atoms with Gasteiger partial charge in [0.1, 0.15) is 0 Å². The molecule has 15 heavy (non-hydrogen) atoms. The number of unbranched alkanes of at least 4 members (excludes halogenated alkanes) is 4. The van der Waals surface area contributed by atoms with E-state index in [0.717, 1.165) is 6.04 Å². The predicted octanol–water partition coefficient (Wildman–Crippen LogP) is 2.64. The highest BCUT2D eigenvalue weighted by atomic mass is 15.2. The molecule has 2 heteroatoms. The van der Waals surface area contributed by atoms with Crippen molar-refractivity contribution < 1.29 is 0 Å². The van der Waals surface area contributed by atoms with Gasteiger partial charge in [-0.25, -0.2) is 0 Å². The van der Waals surface area contributed by atoms with Crippen LogP contribution in [0.2, 0.25) is 0 Å². The first-order chi connectivity index (χ1) is 7.36. The zero-order valence-electron chi connectivity index (χ0n) is 10.6. The summed E-state index contributed by atoms with van der Waals surface area (Å²) in [6, 6.07) is 0.745. The van der Waals surface area contributed by atoms with Crippen LogP contribution in [0.15, 0.2) is 0 Å². The monoisotopic (exact) mass is 212 g/mol. The van der Waals surface area contributed by atoms with Crippen LogP contribution >= 0.6 is 0 Å². The highest BCUT2D eigenvalue weighted by molar-refractivity contribution is 4.76. The lowest BCUT2D eigenvalue weighted by Crippen LogP contribution is -2.44. The molecule has 1 N–H and O–H groups in total. The number of likely N-dealkylation sites (N-methyl/N-ethyl adjacent to an activating group) is 1. The summed E-state index contributed by atoms with van der Waals surface area (Å²) in [6.45, 7) is 6.19. The molecule has 0 saturated carbocycles. The van der Waals surface area contributed by atoms with Gasteiger partial charge in [0.25, 0.3) is 0 Å². The number of nitrogens with one attached hydrogen (secondary N) is 1. The molecule has 2 nitrogen and oxygen atoms in total. The highest BCUT2D eigenvalue weighted by Gasteiger charge is 2.17. The number of nitrogens with zero attached hydrogens (tertiary/aromatic N) is 1. The van der Waals surface area contributed by atoms with E-state index in [1.165, 1.54) is 64.6 Å². The van der Waals surface area contributed by atoms with Gasteiger partial charge in [0, 0.05) is 12.6 Å². The van der Waals surface area contributed by atoms with E-state index in [-0.39, 0.29) is 0 Å². The molecule has 1 heterocycles. The summed E-state index contributed by atoms with van der Waals surface area (Å²) in [5, 5.41) is 3.40. The maximum Gasteiger partial charge on any atom is 0.0192 e. The third-order valence-electron chi connectivity index (χ3n) is 3.49. The molecule has 0 bridgehead atoms. The molecule has 1 rings (SSSR count). The first-order valence-electron chi connectivity index (χ1n) is 6.76. The van der Waals surface area contributed by atoms with Crippen molar-refractivity contribution in [1.82, 2.24) is 10.2 Å². The van der Waals surface area contributed by atoms with E-state index in [1.54, 1.807) is 0 Å². The zero-order valence-corrected chi connectivity index (χ0v) is 10.6. The Hall–Kier alpha value is -0.0800. The van der Waals surface area contributed by atoms with Crippen LogP contribution in [0, 0.1) is 0 Å². The fourth-order valence-electron chi connectivity index (χ4n) is 2.43. The maximum absolute atomic E-state index is 3.40. The van der Waals surface area contributed by atoms with Crippen molar-refractivity contribution in [3.63, 3.8) is 0 Å². The van der Waals surface area contributed by atoms with E-state index in [1.807, 2.05) is 0 Å². The second kappa shape index (κ2) is 8.12. The lowest BCUT2D eigenvalue weighted by Gasteiger charge is -2.32. The van der Waals surface area contributed by atoms with Gasteiger partial charge in [0.05, 0.1) is 0 Å². The van der Waals surface area contributed by atoms with Gasteiger partial charge in [-0.15, -0.1) is 0 Å². The molecule has 1 saturated heterocycles. The van der Waals surface area contributed by atoms with E-state index in [0.29, 0.717) is 0 Å². The molecule has 1 atom stereocenters. The predicted molar refractivity (Wildman–Crippen MR) is 67.3 cm³/mol. The minimum absolute atomic E-state index is 0.745. The van der Waals surface area contributed by atoms with Crippen molar-refractivity contribution in [3.8, 4) is 0 Å². The summed E-state index contributed by atoms with van der Waals surface area (Å²) in [7, 11) is 2.09. The van der Waals surface area contributed by atoms with Gasteiger partial charge in [-0.3, -0.25) is 0 Å². The van der Waals surface area contributed by atoms with Crippen molar-refractivity contribution in [2.45, 2.75) is 57.9 Å². The summed E-state index contributed by atoms with van der Waals surface area (Å²) in [5.41, 5.74) is 0. The van der Waals surface area contributed by atoms with E-state index < -0.39 is 0 Å². The van der Waals surface area contributed by atoms with Crippen LogP contribution in [0.25, 0.3) is 0 Å². The van der Waals surface area contributed by atoms with Gasteiger partial charge in [-0.05, 0) is 39.4 Å². The molecule has 90 valence electrons. The average Bonchev–Trinajstić information content (AvgIpc) is 2.29. The fraction of sp³-hybridized carbons (Fsp3) is 1.00. The van der Waals surface area contributed by atoms with Crippen molar-refractivity contribution in [3.05, 3.63) is 0 Å². The lowest BCUT2D eigenvalue weighted by atomic mass is 10.1. The Morgan fingerprint density at radius 2 is 2.00 bits per heavy atom. The Morgan fingerprint density at radius 3 is 2.73 bits per heavy atom. The van der Waals surface area contributed by atoms with Gasteiger partial charge in [0.2, 0.25) is 0 Å². The molecule has 0 spiro atoms. The molecule has 0 aromatic heterocycles. The minimum atomic E-state index is 0.745. The summed E-state index contributed by atoms with van der Waals surface area (Å²) in [6.07, 6.45) is 9.76. The standard InChI is InChI=1S/C13H28N2/c1-3-4-5-6-7-10-15-11-8-9-13(12-15)14-2/h13-14H,3-12H2,1-2H3/t13-/m0/s1. The number of hydrogen-bond donors (Lipinski definition) is 1. The fourth-order valence-corrected chi connectivity index (χ4v) is 2.43. The molecule has 0 aliphatic carbocycles. The molecular formula is C13H28N2. The second-order valence-electron chi connectivity index (χ2n) is 4.84. The molecule has 0 radical (unpaired) electrons. The van der Waals surface area contributed by atoms with Crippen LogP contribution in [-0.2, 0) is 0 Å². The SMILES string of the molecule is CCCCCCCN1CCC[C@H](NC)C1. The first kappa shape index (κ1) is 13.0. The van der Waals surface area contributed by atoms with Gasteiger partial charge in [-0.2, -0.15) is 0 Å². The van der Waals surface area contributed by atoms with Gasteiger partial charge < -0.3 is 10.2 Å². The number of likely N-dealkylation sites (tertiary alicyclic amines) is 1. The molecule has 0 unspecified atom stereocenters. The van der Waals surface area contributed by atoms with E-state index >= 15 is 0 Å². The number of hydrogen-bond acceptors (Lipinski definition) is 2. The summed E-state index contributed by atoms with van der Waals surface area (Å²) in [4.78, 5) is 2.64. The van der Waals surface area contributed by atoms with Crippen molar-refractivity contribution in [2.24, 2.45) is 0 Å². The highest BCUT2D eigenvalue weighted by Crippen LogP contribution is 2.11. The van der Waals surface area contributed by atoms with Crippen LogP contribution in [0.5, 0.6) is 0 Å². The zero-order chi connectivity index (χ0) is 10.9. The van der Waals surface area contributed by atoms with Crippen molar-refractivity contribution in [1.29, 1.82) is 0 Å². The smallest absolute Gasteiger partial charge is 0.0192 e. The van der Waals surface area contributed by atoms with Crippen LogP contribution in [0.4, 0.5) is 0 Å². The molecule has 1 aliphatic rings. The normalized spacial score (nSPS) is 23.2. The number of rotatable bonds is 7. The van der Waals surface area contributed by atoms with Crippen molar-refractivity contribution in [2.75, 3.05) is 26.7 Å². The molecule has 1 aliphatic heterocycles. The Labute approximate surface area is 95.4 Å². The van der Waals surface area contributed by atoms with Gasteiger partial charge in [0.15, 0.2) is 0 Å². The second-order valence-corrected chi connectivity index (χ2v) is 4.84. The van der Waals surface area contributed by atoms with E-state index in [2.05, 4.69) is 24.2 Å². The molecule has 0 aromatic rings. The molecule has 0 amide bonds. The number of piperidine rings is 1.